The van der Waals surface area contributed by atoms with Gasteiger partial charge in [0.05, 0.1) is 11.9 Å². The first-order valence-corrected chi connectivity index (χ1v) is 15.6. The van der Waals surface area contributed by atoms with Gasteiger partial charge in [-0.25, -0.2) is 26.0 Å². The lowest BCUT2D eigenvalue weighted by atomic mass is 9.85. The molecule has 11 heteroatoms. The molecule has 0 aliphatic carbocycles. The number of carbonyl (C=O) groups excluding carboxylic acids is 1. The van der Waals surface area contributed by atoms with Crippen LogP contribution in [0.1, 0.15) is 54.9 Å². The molecule has 0 saturated carbocycles. The van der Waals surface area contributed by atoms with Crippen molar-refractivity contribution in [2.24, 2.45) is 5.92 Å². The van der Waals surface area contributed by atoms with E-state index in [1.165, 1.54) is 34.8 Å². The molecule has 1 fully saturated rings. The molecule has 1 saturated heterocycles. The fourth-order valence-electron chi connectivity index (χ4n) is 5.53. The first kappa shape index (κ1) is 31.8. The molecule has 0 spiro atoms. The number of hydrogen-bond acceptors (Lipinski definition) is 5. The molecule has 3 aromatic rings. The molecular formula is C31H35F4N3O3S. The number of hydrogen-bond donors (Lipinski definition) is 1. The Labute approximate surface area is 244 Å². The van der Waals surface area contributed by atoms with E-state index in [2.05, 4.69) is 10.3 Å². The number of rotatable bonds is 12. The summed E-state index contributed by atoms with van der Waals surface area (Å²) < 4.78 is 84.3. The van der Waals surface area contributed by atoms with Crippen molar-refractivity contribution >= 4 is 15.8 Å². The number of piperazine rings is 1. The second kappa shape index (κ2) is 13.9. The molecular weight excluding hydrogens is 570 g/mol. The SMILES string of the molecule is CC(C)CS(=O)(=O)N1CCNC[C@@H]1CCc1c(F)cncc1CC(=O)C[C@@H](c1ccc(F)cc1)c1cc(F)cc(F)c1. The van der Waals surface area contributed by atoms with Gasteiger partial charge in [0, 0.05) is 56.7 Å². The Morgan fingerprint density at radius 3 is 2.36 bits per heavy atom. The van der Waals surface area contributed by atoms with Gasteiger partial charge in [-0.15, -0.1) is 0 Å². The zero-order chi connectivity index (χ0) is 30.4. The summed E-state index contributed by atoms with van der Waals surface area (Å²) in [5.41, 5.74) is 1.36. The Morgan fingerprint density at radius 2 is 1.69 bits per heavy atom. The maximum atomic E-state index is 15.0. The van der Waals surface area contributed by atoms with Gasteiger partial charge < -0.3 is 5.32 Å². The smallest absolute Gasteiger partial charge is 0.214 e. The molecule has 0 amide bonds. The number of benzene rings is 2. The molecule has 2 atom stereocenters. The van der Waals surface area contributed by atoms with E-state index < -0.39 is 39.2 Å². The Bertz CT molecular complexity index is 1480. The third kappa shape index (κ3) is 8.23. The zero-order valence-corrected chi connectivity index (χ0v) is 24.4. The van der Waals surface area contributed by atoms with Gasteiger partial charge in [-0.2, -0.15) is 4.31 Å². The molecule has 6 nitrogen and oxygen atoms in total. The monoisotopic (exact) mass is 605 g/mol. The van der Waals surface area contributed by atoms with Crippen LogP contribution in [0.4, 0.5) is 17.6 Å². The van der Waals surface area contributed by atoms with Crippen LogP contribution in [-0.4, -0.2) is 54.9 Å². The Morgan fingerprint density at radius 1 is 1.00 bits per heavy atom. The van der Waals surface area contributed by atoms with E-state index in [0.717, 1.165) is 24.4 Å². The highest BCUT2D eigenvalue weighted by atomic mass is 32.2. The lowest BCUT2D eigenvalue weighted by Crippen LogP contribution is -2.54. The fourth-order valence-corrected chi connectivity index (χ4v) is 7.57. The van der Waals surface area contributed by atoms with Gasteiger partial charge in [-0.3, -0.25) is 9.78 Å². The largest absolute Gasteiger partial charge is 0.314 e. The van der Waals surface area contributed by atoms with Crippen LogP contribution in [0.25, 0.3) is 0 Å². The quantitative estimate of drug-likeness (QED) is 0.289. The summed E-state index contributed by atoms with van der Waals surface area (Å²) in [6.07, 6.45) is 2.65. The molecule has 226 valence electrons. The lowest BCUT2D eigenvalue weighted by molar-refractivity contribution is -0.118. The fraction of sp³-hybridized carbons (Fsp3) is 0.419. The van der Waals surface area contributed by atoms with E-state index in [0.29, 0.717) is 37.2 Å². The van der Waals surface area contributed by atoms with Crippen molar-refractivity contribution in [3.63, 3.8) is 0 Å². The number of pyridine rings is 1. The zero-order valence-electron chi connectivity index (χ0n) is 23.6. The second-order valence-electron chi connectivity index (χ2n) is 11.2. The predicted molar refractivity (Wildman–Crippen MR) is 152 cm³/mol. The number of nitrogens with one attached hydrogen (secondary N) is 1. The van der Waals surface area contributed by atoms with Gasteiger partial charge in [0.2, 0.25) is 10.0 Å². The Hall–Kier alpha value is -3.15. The number of Topliss-reactive ketones (excluding diaryl/α,β-unsaturated/α-hetero) is 1. The van der Waals surface area contributed by atoms with Crippen LogP contribution in [-0.2, 0) is 27.7 Å². The average Bonchev–Trinajstić information content (AvgIpc) is 2.91. The van der Waals surface area contributed by atoms with Gasteiger partial charge >= 0.3 is 0 Å². The van der Waals surface area contributed by atoms with E-state index in [1.807, 2.05) is 13.8 Å². The molecule has 0 unspecified atom stereocenters. The van der Waals surface area contributed by atoms with Crippen molar-refractivity contribution in [2.45, 2.75) is 51.5 Å². The maximum absolute atomic E-state index is 15.0. The number of nitrogens with zero attached hydrogens (tertiary/aromatic N) is 2. The molecule has 1 aromatic heterocycles. The predicted octanol–water partition coefficient (Wildman–Crippen LogP) is 5.16. The molecule has 0 bridgehead atoms. The summed E-state index contributed by atoms with van der Waals surface area (Å²) in [6.45, 7) is 4.98. The van der Waals surface area contributed by atoms with E-state index in [4.69, 9.17) is 0 Å². The minimum absolute atomic E-state index is 0.0251. The van der Waals surface area contributed by atoms with Crippen LogP contribution in [0.3, 0.4) is 0 Å². The minimum Gasteiger partial charge on any atom is -0.314 e. The van der Waals surface area contributed by atoms with Crippen LogP contribution in [0.2, 0.25) is 0 Å². The first-order valence-electron chi connectivity index (χ1n) is 14.0. The van der Waals surface area contributed by atoms with Crippen LogP contribution in [0.5, 0.6) is 0 Å². The van der Waals surface area contributed by atoms with Gasteiger partial charge in [-0.05, 0) is 65.3 Å². The third-order valence-electron chi connectivity index (χ3n) is 7.40. The summed E-state index contributed by atoms with van der Waals surface area (Å²) in [7, 11) is -3.49. The van der Waals surface area contributed by atoms with E-state index in [1.54, 1.807) is 0 Å². The van der Waals surface area contributed by atoms with Crippen molar-refractivity contribution < 1.29 is 30.8 Å². The third-order valence-corrected chi connectivity index (χ3v) is 9.68. The summed E-state index contributed by atoms with van der Waals surface area (Å²) >= 11 is 0. The van der Waals surface area contributed by atoms with E-state index in [-0.39, 0.29) is 53.9 Å². The summed E-state index contributed by atoms with van der Waals surface area (Å²) in [4.78, 5) is 17.3. The highest BCUT2D eigenvalue weighted by Crippen LogP contribution is 2.31. The summed E-state index contributed by atoms with van der Waals surface area (Å²) in [6, 6.07) is 7.97. The Balaban J connectivity index is 1.53. The number of halogens is 4. The van der Waals surface area contributed by atoms with Crippen molar-refractivity contribution in [1.29, 1.82) is 0 Å². The first-order chi connectivity index (χ1) is 19.9. The lowest BCUT2D eigenvalue weighted by Gasteiger charge is -2.35. The van der Waals surface area contributed by atoms with Crippen LogP contribution in [0.15, 0.2) is 54.9 Å². The molecule has 2 heterocycles. The second-order valence-corrected chi connectivity index (χ2v) is 13.1. The van der Waals surface area contributed by atoms with Crippen LogP contribution >= 0.6 is 0 Å². The molecule has 42 heavy (non-hydrogen) atoms. The maximum Gasteiger partial charge on any atom is 0.214 e. The van der Waals surface area contributed by atoms with Crippen molar-refractivity contribution in [3.05, 3.63) is 100 Å². The molecule has 4 rings (SSSR count). The highest BCUT2D eigenvalue weighted by molar-refractivity contribution is 7.89. The van der Waals surface area contributed by atoms with Crippen LogP contribution in [0, 0.1) is 29.2 Å². The van der Waals surface area contributed by atoms with Gasteiger partial charge in [0.15, 0.2) is 0 Å². The Kier molecular flexibility index (Phi) is 10.5. The topological polar surface area (TPSA) is 79.4 Å². The number of sulfonamides is 1. The molecule has 0 radical (unpaired) electrons. The molecule has 1 aliphatic rings. The molecule has 1 N–H and O–H groups in total. The van der Waals surface area contributed by atoms with Gasteiger partial charge in [-0.1, -0.05) is 26.0 Å². The van der Waals surface area contributed by atoms with E-state index in [9.17, 15) is 26.4 Å². The highest BCUT2D eigenvalue weighted by Gasteiger charge is 2.33. The van der Waals surface area contributed by atoms with Gasteiger partial charge in [0.25, 0.3) is 0 Å². The van der Waals surface area contributed by atoms with Crippen molar-refractivity contribution in [2.75, 3.05) is 25.4 Å². The standard InChI is InChI=1S/C31H35F4N3O3S/c1-20(2)19-42(40,41)38-10-9-36-17-27(38)7-8-29-23(16-37-18-31(29)35)13-28(39)15-30(21-3-5-24(32)6-4-21)22-11-25(33)14-26(34)12-22/h3-6,11-12,14,16,18,20,27,30,36H,7-10,13,15,17,19H2,1-2H3/t27-,30-/m0/s1. The van der Waals surface area contributed by atoms with E-state index >= 15 is 4.39 Å². The van der Waals surface area contributed by atoms with Crippen molar-refractivity contribution in [3.8, 4) is 0 Å². The van der Waals surface area contributed by atoms with Crippen molar-refractivity contribution in [1.82, 2.24) is 14.6 Å². The van der Waals surface area contributed by atoms with Gasteiger partial charge in [0.1, 0.15) is 29.1 Å². The average molecular weight is 606 g/mol. The van der Waals surface area contributed by atoms with Crippen LogP contribution < -0.4 is 5.32 Å². The number of carbonyl (C=O) groups is 1. The number of ketones is 1. The minimum atomic E-state index is -3.49. The summed E-state index contributed by atoms with van der Waals surface area (Å²) in [5, 5.41) is 3.21. The number of aromatic nitrogens is 1. The normalized spacial score (nSPS) is 17.0. The molecule has 2 aromatic carbocycles. The summed E-state index contributed by atoms with van der Waals surface area (Å²) in [5.74, 6) is -3.80. The molecule has 1 aliphatic heterocycles.